The number of nitrogens with zero attached hydrogens (tertiary/aromatic N) is 3. The lowest BCUT2D eigenvalue weighted by Crippen LogP contribution is -2.44. The highest BCUT2D eigenvalue weighted by Gasteiger charge is 2.22. The summed E-state index contributed by atoms with van der Waals surface area (Å²) >= 11 is 0. The molecule has 1 aromatic rings. The Morgan fingerprint density at radius 3 is 2.75 bits per heavy atom. The third-order valence-electron chi connectivity index (χ3n) is 3.71. The SMILES string of the molecule is CC(C)c1ccc(N2CCOC[C@@H]2C)c(CN(C)C)n1. The molecule has 0 bridgehead atoms. The lowest BCUT2D eigenvalue weighted by Gasteiger charge is -2.36. The Kier molecular flexibility index (Phi) is 5.00. The van der Waals surface area contributed by atoms with Crippen LogP contribution in [0.3, 0.4) is 0 Å². The Labute approximate surface area is 122 Å². The van der Waals surface area contributed by atoms with E-state index in [1.165, 1.54) is 17.1 Å². The third-order valence-corrected chi connectivity index (χ3v) is 3.71. The van der Waals surface area contributed by atoms with Gasteiger partial charge in [0.15, 0.2) is 0 Å². The topological polar surface area (TPSA) is 28.6 Å². The molecule has 0 aromatic carbocycles. The summed E-state index contributed by atoms with van der Waals surface area (Å²) in [6.07, 6.45) is 0. The number of pyridine rings is 1. The second kappa shape index (κ2) is 6.55. The summed E-state index contributed by atoms with van der Waals surface area (Å²) < 4.78 is 5.54. The monoisotopic (exact) mass is 277 g/mol. The van der Waals surface area contributed by atoms with Crippen LogP contribution in [-0.4, -0.2) is 49.8 Å². The minimum atomic E-state index is 0.413. The fourth-order valence-electron chi connectivity index (χ4n) is 2.59. The Hall–Kier alpha value is -1.13. The average Bonchev–Trinajstić information content (AvgIpc) is 2.39. The van der Waals surface area contributed by atoms with Gasteiger partial charge in [-0.1, -0.05) is 13.8 Å². The second-order valence-corrected chi connectivity index (χ2v) is 6.21. The molecule has 4 nitrogen and oxygen atoms in total. The molecular weight excluding hydrogens is 250 g/mol. The highest BCUT2D eigenvalue weighted by molar-refractivity contribution is 5.52. The van der Waals surface area contributed by atoms with Crippen LogP contribution in [0.15, 0.2) is 12.1 Å². The van der Waals surface area contributed by atoms with Crippen molar-refractivity contribution in [3.05, 3.63) is 23.5 Å². The van der Waals surface area contributed by atoms with Gasteiger partial charge in [-0.2, -0.15) is 0 Å². The molecule has 0 N–H and O–H groups in total. The molecule has 0 saturated carbocycles. The Bertz CT molecular complexity index is 445. The van der Waals surface area contributed by atoms with Crippen LogP contribution >= 0.6 is 0 Å². The van der Waals surface area contributed by atoms with Crippen molar-refractivity contribution in [2.75, 3.05) is 38.8 Å². The predicted octanol–water partition coefficient (Wildman–Crippen LogP) is 2.49. The number of aromatic nitrogens is 1. The van der Waals surface area contributed by atoms with E-state index in [0.717, 1.165) is 26.3 Å². The highest BCUT2D eigenvalue weighted by Crippen LogP contribution is 2.26. The zero-order valence-electron chi connectivity index (χ0n) is 13.4. The first-order chi connectivity index (χ1) is 9.49. The molecule has 20 heavy (non-hydrogen) atoms. The molecule has 0 spiro atoms. The van der Waals surface area contributed by atoms with Crippen LogP contribution in [0.25, 0.3) is 0 Å². The molecule has 0 amide bonds. The van der Waals surface area contributed by atoms with E-state index >= 15 is 0 Å². The largest absolute Gasteiger partial charge is 0.377 e. The Morgan fingerprint density at radius 1 is 1.40 bits per heavy atom. The van der Waals surface area contributed by atoms with Crippen molar-refractivity contribution in [3.63, 3.8) is 0 Å². The maximum absolute atomic E-state index is 5.54. The quantitative estimate of drug-likeness (QED) is 0.845. The van der Waals surface area contributed by atoms with Crippen LogP contribution in [0.5, 0.6) is 0 Å². The van der Waals surface area contributed by atoms with Crippen LogP contribution in [0, 0.1) is 0 Å². The van der Waals surface area contributed by atoms with Gasteiger partial charge in [0, 0.05) is 24.8 Å². The molecule has 1 aliphatic rings. The van der Waals surface area contributed by atoms with Crippen LogP contribution in [0.4, 0.5) is 5.69 Å². The molecule has 2 heterocycles. The first kappa shape index (κ1) is 15.3. The fourth-order valence-corrected chi connectivity index (χ4v) is 2.59. The summed E-state index contributed by atoms with van der Waals surface area (Å²) in [6.45, 7) is 10.0. The summed E-state index contributed by atoms with van der Waals surface area (Å²) in [6, 6.07) is 4.82. The van der Waals surface area contributed by atoms with E-state index in [4.69, 9.17) is 9.72 Å². The van der Waals surface area contributed by atoms with Crippen LogP contribution < -0.4 is 4.90 Å². The summed E-state index contributed by atoms with van der Waals surface area (Å²) in [5.41, 5.74) is 3.61. The van der Waals surface area contributed by atoms with Gasteiger partial charge < -0.3 is 14.5 Å². The van der Waals surface area contributed by atoms with Crippen molar-refractivity contribution in [3.8, 4) is 0 Å². The average molecular weight is 277 g/mol. The van der Waals surface area contributed by atoms with Crippen molar-refractivity contribution in [1.29, 1.82) is 0 Å². The summed E-state index contributed by atoms with van der Waals surface area (Å²) in [7, 11) is 4.19. The van der Waals surface area contributed by atoms with Gasteiger partial charge in [0.1, 0.15) is 0 Å². The third kappa shape index (κ3) is 3.49. The highest BCUT2D eigenvalue weighted by atomic mass is 16.5. The molecule has 0 unspecified atom stereocenters. The van der Waals surface area contributed by atoms with Gasteiger partial charge in [-0.05, 0) is 39.1 Å². The molecule has 1 aliphatic heterocycles. The molecule has 2 rings (SSSR count). The number of hydrogen-bond donors (Lipinski definition) is 0. The molecule has 1 aromatic heterocycles. The molecular formula is C16H27N3O. The lowest BCUT2D eigenvalue weighted by atomic mass is 10.1. The van der Waals surface area contributed by atoms with Crippen LogP contribution in [0.1, 0.15) is 38.1 Å². The van der Waals surface area contributed by atoms with E-state index in [2.05, 4.69) is 56.8 Å². The summed E-state index contributed by atoms with van der Waals surface area (Å²) in [4.78, 5) is 9.51. The van der Waals surface area contributed by atoms with Gasteiger partial charge in [-0.15, -0.1) is 0 Å². The van der Waals surface area contributed by atoms with Crippen LogP contribution in [0.2, 0.25) is 0 Å². The Morgan fingerprint density at radius 2 is 2.15 bits per heavy atom. The summed E-state index contributed by atoms with van der Waals surface area (Å²) in [5, 5.41) is 0. The molecule has 1 saturated heterocycles. The number of anilines is 1. The number of rotatable bonds is 4. The van der Waals surface area contributed by atoms with Crippen molar-refractivity contribution in [1.82, 2.24) is 9.88 Å². The van der Waals surface area contributed by atoms with Gasteiger partial charge >= 0.3 is 0 Å². The van der Waals surface area contributed by atoms with Gasteiger partial charge in [0.05, 0.1) is 24.6 Å². The van der Waals surface area contributed by atoms with E-state index < -0.39 is 0 Å². The molecule has 4 heteroatoms. The zero-order chi connectivity index (χ0) is 14.7. The van der Waals surface area contributed by atoms with Crippen molar-refractivity contribution in [2.24, 2.45) is 0 Å². The number of ether oxygens (including phenoxy) is 1. The zero-order valence-corrected chi connectivity index (χ0v) is 13.4. The number of morpholine rings is 1. The van der Waals surface area contributed by atoms with Crippen molar-refractivity contribution in [2.45, 2.75) is 39.3 Å². The maximum Gasteiger partial charge on any atom is 0.0780 e. The van der Waals surface area contributed by atoms with E-state index in [1.807, 2.05) is 0 Å². The molecule has 0 aliphatic carbocycles. The maximum atomic E-state index is 5.54. The predicted molar refractivity (Wildman–Crippen MR) is 83.3 cm³/mol. The van der Waals surface area contributed by atoms with E-state index in [9.17, 15) is 0 Å². The molecule has 1 atom stereocenters. The minimum absolute atomic E-state index is 0.413. The van der Waals surface area contributed by atoms with Gasteiger partial charge in [0.25, 0.3) is 0 Å². The van der Waals surface area contributed by atoms with E-state index in [-0.39, 0.29) is 0 Å². The second-order valence-electron chi connectivity index (χ2n) is 6.21. The summed E-state index contributed by atoms with van der Waals surface area (Å²) in [5.74, 6) is 0.465. The van der Waals surface area contributed by atoms with E-state index in [1.54, 1.807) is 0 Å². The fraction of sp³-hybridized carbons (Fsp3) is 0.688. The number of hydrogen-bond acceptors (Lipinski definition) is 4. The van der Waals surface area contributed by atoms with E-state index in [0.29, 0.717) is 12.0 Å². The normalized spacial score (nSPS) is 19.9. The van der Waals surface area contributed by atoms with Gasteiger partial charge in [0.2, 0.25) is 0 Å². The first-order valence-electron chi connectivity index (χ1n) is 7.48. The van der Waals surface area contributed by atoms with Gasteiger partial charge in [-0.3, -0.25) is 4.98 Å². The molecule has 0 radical (unpaired) electrons. The molecule has 1 fully saturated rings. The van der Waals surface area contributed by atoms with Crippen LogP contribution in [-0.2, 0) is 11.3 Å². The van der Waals surface area contributed by atoms with Crippen molar-refractivity contribution >= 4 is 5.69 Å². The Balaban J connectivity index is 2.34. The minimum Gasteiger partial charge on any atom is -0.377 e. The smallest absolute Gasteiger partial charge is 0.0780 e. The standard InChI is InChI=1S/C16H27N3O/c1-12(2)14-6-7-16(15(17-14)10-18(4)5)19-8-9-20-11-13(19)3/h6-7,12-13H,8-11H2,1-5H3/t13-/m0/s1. The first-order valence-corrected chi connectivity index (χ1v) is 7.48. The molecule has 112 valence electrons. The van der Waals surface area contributed by atoms with Gasteiger partial charge in [-0.25, -0.2) is 0 Å². The lowest BCUT2D eigenvalue weighted by molar-refractivity contribution is 0.0987. The van der Waals surface area contributed by atoms with Crippen molar-refractivity contribution < 1.29 is 4.74 Å².